The number of hydrogen-bond donors (Lipinski definition) is 1. The molecule has 0 aliphatic heterocycles. The molecule has 0 radical (unpaired) electrons. The van der Waals surface area contributed by atoms with E-state index in [1.807, 2.05) is 13.8 Å². The first-order chi connectivity index (χ1) is 3.18. The van der Waals surface area contributed by atoms with Gasteiger partial charge in [0, 0.05) is 0 Å². The normalized spacial score (nSPS) is 14.3. The van der Waals surface area contributed by atoms with Crippen LogP contribution < -0.4 is 5.73 Å². The van der Waals surface area contributed by atoms with Crippen molar-refractivity contribution in [1.82, 2.24) is 0 Å². The van der Waals surface area contributed by atoms with Crippen LogP contribution in [0.4, 0.5) is 0 Å². The van der Waals surface area contributed by atoms with Gasteiger partial charge in [0.2, 0.25) is 0 Å². The van der Waals surface area contributed by atoms with Crippen molar-refractivity contribution in [3.05, 3.63) is 0 Å². The summed E-state index contributed by atoms with van der Waals surface area (Å²) in [5.74, 6) is 0.275. The summed E-state index contributed by atoms with van der Waals surface area (Å²) in [6.07, 6.45) is 0.769. The second-order valence-corrected chi connectivity index (χ2v) is 1.96. The van der Waals surface area contributed by atoms with Gasteiger partial charge in [-0.05, 0) is 5.92 Å². The summed E-state index contributed by atoms with van der Waals surface area (Å²) in [5, 5.41) is 0. The number of nitrogens with two attached hydrogens (primary N) is 1. The van der Waals surface area contributed by atoms with Gasteiger partial charge in [-0.15, -0.1) is 0 Å². The van der Waals surface area contributed by atoms with Crippen LogP contribution in [-0.4, -0.2) is 12.3 Å². The van der Waals surface area contributed by atoms with Gasteiger partial charge in [0.25, 0.3) is 0 Å². The zero-order valence-electron chi connectivity index (χ0n) is 4.72. The number of carbonyl (C=O) groups is 1. The van der Waals surface area contributed by atoms with Crippen LogP contribution in [0.1, 0.15) is 13.8 Å². The Bertz CT molecular complexity index is 61.1. The van der Waals surface area contributed by atoms with E-state index in [1.54, 1.807) is 0 Å². The lowest BCUT2D eigenvalue weighted by atomic mass is 10.1. The minimum Gasteiger partial charge on any atom is -0.322 e. The largest absolute Gasteiger partial charge is 0.322 e. The molecule has 42 valence electrons. The Morgan fingerprint density at radius 3 is 2.00 bits per heavy atom. The molecule has 0 amide bonds. The molecule has 0 heterocycles. The molecule has 0 spiro atoms. The molecule has 0 rings (SSSR count). The van der Waals surface area contributed by atoms with Gasteiger partial charge in [0.15, 0.2) is 0 Å². The van der Waals surface area contributed by atoms with Gasteiger partial charge in [-0.1, -0.05) is 13.8 Å². The van der Waals surface area contributed by atoms with E-state index in [2.05, 4.69) is 0 Å². The van der Waals surface area contributed by atoms with Crippen LogP contribution in [0.2, 0.25) is 0 Å². The quantitative estimate of drug-likeness (QED) is 0.504. The Morgan fingerprint density at radius 1 is 1.57 bits per heavy atom. The zero-order chi connectivity index (χ0) is 5.86. The Morgan fingerprint density at radius 2 is 2.00 bits per heavy atom. The van der Waals surface area contributed by atoms with Crippen molar-refractivity contribution in [2.24, 2.45) is 11.7 Å². The molecule has 0 aliphatic carbocycles. The van der Waals surface area contributed by atoms with Crippen LogP contribution in [0.3, 0.4) is 0 Å². The molecule has 1 unspecified atom stereocenters. The van der Waals surface area contributed by atoms with Crippen LogP contribution in [0, 0.1) is 5.92 Å². The summed E-state index contributed by atoms with van der Waals surface area (Å²) in [7, 11) is 0. The van der Waals surface area contributed by atoms with Crippen molar-refractivity contribution >= 4 is 6.29 Å². The lowest BCUT2D eigenvalue weighted by Crippen LogP contribution is -2.27. The van der Waals surface area contributed by atoms with Gasteiger partial charge in [-0.2, -0.15) is 0 Å². The predicted octanol–water partition coefficient (Wildman–Crippen LogP) is 0.169. The zero-order valence-corrected chi connectivity index (χ0v) is 4.72. The molecule has 2 heteroatoms. The highest BCUT2D eigenvalue weighted by atomic mass is 16.1. The van der Waals surface area contributed by atoms with Crippen molar-refractivity contribution < 1.29 is 4.79 Å². The number of carbonyl (C=O) groups excluding carboxylic acids is 1. The number of hydrogen-bond acceptors (Lipinski definition) is 2. The van der Waals surface area contributed by atoms with Gasteiger partial charge >= 0.3 is 0 Å². The first-order valence-electron chi connectivity index (χ1n) is 2.39. The summed E-state index contributed by atoms with van der Waals surface area (Å²) >= 11 is 0. The monoisotopic (exact) mass is 101 g/mol. The molecular formula is C5H11NO. The highest BCUT2D eigenvalue weighted by molar-refractivity contribution is 5.57. The van der Waals surface area contributed by atoms with Crippen LogP contribution in [0.25, 0.3) is 0 Å². The van der Waals surface area contributed by atoms with Crippen molar-refractivity contribution in [2.45, 2.75) is 19.9 Å². The molecule has 2 nitrogen and oxygen atoms in total. The molecule has 2 N–H and O–H groups in total. The maximum atomic E-state index is 9.82. The van der Waals surface area contributed by atoms with E-state index in [0.717, 1.165) is 6.29 Å². The fourth-order valence-electron chi connectivity index (χ4n) is 0.157. The van der Waals surface area contributed by atoms with Gasteiger partial charge in [-0.3, -0.25) is 0 Å². The molecule has 1 atom stereocenters. The minimum absolute atomic E-state index is 0.275. The van der Waals surface area contributed by atoms with E-state index in [9.17, 15) is 4.79 Å². The van der Waals surface area contributed by atoms with Crippen molar-refractivity contribution in [1.29, 1.82) is 0 Å². The van der Waals surface area contributed by atoms with E-state index in [0.29, 0.717) is 0 Å². The predicted molar refractivity (Wildman–Crippen MR) is 28.9 cm³/mol. The lowest BCUT2D eigenvalue weighted by molar-refractivity contribution is -0.109. The van der Waals surface area contributed by atoms with Crippen molar-refractivity contribution in [3.63, 3.8) is 0 Å². The van der Waals surface area contributed by atoms with Gasteiger partial charge < -0.3 is 10.5 Å². The Balaban J connectivity index is 3.33. The SMILES string of the molecule is CC(C)C(N)C=O. The number of aldehydes is 1. The van der Waals surface area contributed by atoms with Gasteiger partial charge in [0.1, 0.15) is 6.29 Å². The minimum atomic E-state index is -0.278. The average Bonchev–Trinajstić information content (AvgIpc) is 1.65. The maximum absolute atomic E-state index is 9.82. The highest BCUT2D eigenvalue weighted by Gasteiger charge is 2.02. The summed E-state index contributed by atoms with van der Waals surface area (Å²) in [4.78, 5) is 9.82. The van der Waals surface area contributed by atoms with Crippen LogP contribution in [-0.2, 0) is 4.79 Å². The third kappa shape index (κ3) is 2.34. The topological polar surface area (TPSA) is 43.1 Å². The van der Waals surface area contributed by atoms with Crippen molar-refractivity contribution in [3.8, 4) is 0 Å². The summed E-state index contributed by atoms with van der Waals surface area (Å²) in [6.45, 7) is 3.83. The van der Waals surface area contributed by atoms with Crippen LogP contribution in [0.5, 0.6) is 0 Å². The molecule has 0 aromatic rings. The third-order valence-corrected chi connectivity index (χ3v) is 0.927. The van der Waals surface area contributed by atoms with Gasteiger partial charge in [0.05, 0.1) is 6.04 Å². The molecule has 0 saturated carbocycles. The number of rotatable bonds is 2. The summed E-state index contributed by atoms with van der Waals surface area (Å²) in [5.41, 5.74) is 5.25. The van der Waals surface area contributed by atoms with E-state index in [-0.39, 0.29) is 12.0 Å². The molecule has 7 heavy (non-hydrogen) atoms. The maximum Gasteiger partial charge on any atom is 0.136 e. The second kappa shape index (κ2) is 2.75. The fourth-order valence-corrected chi connectivity index (χ4v) is 0.157. The first kappa shape index (κ1) is 6.63. The highest BCUT2D eigenvalue weighted by Crippen LogP contribution is 1.92. The Labute approximate surface area is 43.7 Å². The molecule has 0 aromatic carbocycles. The molecule has 0 fully saturated rings. The second-order valence-electron chi connectivity index (χ2n) is 1.96. The lowest BCUT2D eigenvalue weighted by Gasteiger charge is -2.04. The molecule has 0 aliphatic rings. The standard InChI is InChI=1S/C5H11NO/c1-4(2)5(6)3-7/h3-5H,6H2,1-2H3. The summed E-state index contributed by atoms with van der Waals surface area (Å²) < 4.78 is 0. The Kier molecular flexibility index (Phi) is 2.60. The van der Waals surface area contributed by atoms with E-state index in [1.165, 1.54) is 0 Å². The molecular weight excluding hydrogens is 90.1 g/mol. The smallest absolute Gasteiger partial charge is 0.136 e. The average molecular weight is 101 g/mol. The van der Waals surface area contributed by atoms with E-state index >= 15 is 0 Å². The van der Waals surface area contributed by atoms with Crippen LogP contribution in [0.15, 0.2) is 0 Å². The van der Waals surface area contributed by atoms with Crippen LogP contribution >= 0.6 is 0 Å². The third-order valence-electron chi connectivity index (χ3n) is 0.927. The summed E-state index contributed by atoms with van der Waals surface area (Å²) in [6, 6.07) is -0.278. The molecule has 0 saturated heterocycles. The first-order valence-corrected chi connectivity index (χ1v) is 2.39. The fraction of sp³-hybridized carbons (Fsp3) is 0.800. The molecule has 0 bridgehead atoms. The van der Waals surface area contributed by atoms with E-state index in [4.69, 9.17) is 5.73 Å². The molecule has 0 aromatic heterocycles. The van der Waals surface area contributed by atoms with Gasteiger partial charge in [-0.25, -0.2) is 0 Å². The van der Waals surface area contributed by atoms with E-state index < -0.39 is 0 Å². The van der Waals surface area contributed by atoms with Crippen molar-refractivity contribution in [2.75, 3.05) is 0 Å². The Hall–Kier alpha value is -0.370.